The van der Waals surface area contributed by atoms with Crippen molar-refractivity contribution in [2.24, 2.45) is 0 Å². The van der Waals surface area contributed by atoms with Gasteiger partial charge in [0.2, 0.25) is 0 Å². The normalized spacial score (nSPS) is 21.7. The van der Waals surface area contributed by atoms with Gasteiger partial charge >= 0.3 is 0 Å². The van der Waals surface area contributed by atoms with Gasteiger partial charge in [-0.3, -0.25) is 4.90 Å². The maximum Gasteiger partial charge on any atom is 0.0700 e. The van der Waals surface area contributed by atoms with Crippen molar-refractivity contribution in [1.82, 2.24) is 4.90 Å². The largest absolute Gasteiger partial charge is 0.376 e. The van der Waals surface area contributed by atoms with E-state index in [1.807, 2.05) is 12.1 Å². The maximum atomic E-state index is 6.23. The van der Waals surface area contributed by atoms with E-state index < -0.39 is 0 Å². The number of hydrogen-bond acceptors (Lipinski definition) is 2. The molecule has 1 aliphatic rings. The first-order chi connectivity index (χ1) is 8.19. The molecule has 0 aromatic heterocycles. The summed E-state index contributed by atoms with van der Waals surface area (Å²) in [5.74, 6) is 0. The van der Waals surface area contributed by atoms with Crippen molar-refractivity contribution in [3.8, 4) is 0 Å². The highest BCUT2D eigenvalue weighted by atomic mass is 79.9. The van der Waals surface area contributed by atoms with Gasteiger partial charge in [-0.1, -0.05) is 40.5 Å². The lowest BCUT2D eigenvalue weighted by Gasteiger charge is -2.32. The van der Waals surface area contributed by atoms with E-state index in [1.54, 1.807) is 0 Å². The van der Waals surface area contributed by atoms with Crippen molar-refractivity contribution in [2.45, 2.75) is 26.0 Å². The molecule has 17 heavy (non-hydrogen) atoms. The smallest absolute Gasteiger partial charge is 0.0700 e. The van der Waals surface area contributed by atoms with Gasteiger partial charge in [-0.25, -0.2) is 0 Å². The van der Waals surface area contributed by atoms with Crippen LogP contribution in [-0.4, -0.2) is 30.7 Å². The van der Waals surface area contributed by atoms with E-state index in [-0.39, 0.29) is 0 Å². The molecule has 1 aliphatic heterocycles. The van der Waals surface area contributed by atoms with E-state index in [9.17, 15) is 0 Å². The number of morpholine rings is 1. The topological polar surface area (TPSA) is 12.5 Å². The average molecular weight is 319 g/mol. The fourth-order valence-electron chi connectivity index (χ4n) is 2.06. The zero-order valence-electron chi connectivity index (χ0n) is 9.96. The van der Waals surface area contributed by atoms with Crippen molar-refractivity contribution < 1.29 is 4.74 Å². The summed E-state index contributed by atoms with van der Waals surface area (Å²) >= 11 is 9.66. The van der Waals surface area contributed by atoms with Crippen LogP contribution in [-0.2, 0) is 11.3 Å². The van der Waals surface area contributed by atoms with Crippen molar-refractivity contribution >= 4 is 27.5 Å². The van der Waals surface area contributed by atoms with E-state index in [4.69, 9.17) is 16.3 Å². The summed E-state index contributed by atoms with van der Waals surface area (Å²) in [5.41, 5.74) is 1.19. The molecule has 0 aliphatic carbocycles. The Balaban J connectivity index is 2.00. The molecule has 0 saturated carbocycles. The summed E-state index contributed by atoms with van der Waals surface area (Å²) < 4.78 is 6.69. The molecule has 1 unspecified atom stereocenters. The molecule has 1 aromatic carbocycles. The third kappa shape index (κ3) is 3.68. The summed E-state index contributed by atoms with van der Waals surface area (Å²) in [5, 5.41) is 0.832. The number of ether oxygens (including phenoxy) is 1. The van der Waals surface area contributed by atoms with E-state index in [0.717, 1.165) is 42.2 Å². The first kappa shape index (κ1) is 13.3. The van der Waals surface area contributed by atoms with Gasteiger partial charge < -0.3 is 4.74 Å². The minimum atomic E-state index is 0.373. The van der Waals surface area contributed by atoms with Crippen LogP contribution in [0.2, 0.25) is 5.02 Å². The average Bonchev–Trinajstić information content (AvgIpc) is 2.33. The molecule has 94 valence electrons. The van der Waals surface area contributed by atoms with Crippen LogP contribution in [0, 0.1) is 0 Å². The number of halogens is 2. The molecular weight excluding hydrogens is 302 g/mol. The standard InChI is InChI=1S/C13H17BrClNO/c1-2-12-9-16(5-6-17-12)8-10-3-4-11(14)7-13(10)15/h3-4,7,12H,2,5-6,8-9H2,1H3. The Kier molecular flexibility index (Phi) is 4.86. The Morgan fingerprint density at radius 1 is 1.53 bits per heavy atom. The minimum Gasteiger partial charge on any atom is -0.376 e. The predicted molar refractivity (Wildman–Crippen MR) is 74.5 cm³/mol. The molecule has 0 bridgehead atoms. The van der Waals surface area contributed by atoms with Crippen molar-refractivity contribution in [3.63, 3.8) is 0 Å². The van der Waals surface area contributed by atoms with E-state index >= 15 is 0 Å². The fourth-order valence-corrected chi connectivity index (χ4v) is 2.80. The fraction of sp³-hybridized carbons (Fsp3) is 0.538. The number of benzene rings is 1. The summed E-state index contributed by atoms with van der Waals surface area (Å²) in [6.45, 7) is 5.89. The van der Waals surface area contributed by atoms with E-state index in [2.05, 4.69) is 33.8 Å². The Morgan fingerprint density at radius 3 is 3.06 bits per heavy atom. The van der Waals surface area contributed by atoms with Gasteiger partial charge in [0, 0.05) is 29.1 Å². The highest BCUT2D eigenvalue weighted by Crippen LogP contribution is 2.23. The third-order valence-electron chi connectivity index (χ3n) is 3.09. The number of rotatable bonds is 3. The molecule has 0 amide bonds. The maximum absolute atomic E-state index is 6.23. The second kappa shape index (κ2) is 6.19. The van der Waals surface area contributed by atoms with Crippen LogP contribution in [0.5, 0.6) is 0 Å². The number of nitrogens with zero attached hydrogens (tertiary/aromatic N) is 1. The van der Waals surface area contributed by atoms with Crippen molar-refractivity contribution in [3.05, 3.63) is 33.3 Å². The van der Waals surface area contributed by atoms with Crippen molar-refractivity contribution in [2.75, 3.05) is 19.7 Å². The molecule has 1 atom stereocenters. The minimum absolute atomic E-state index is 0.373. The SMILES string of the molecule is CCC1CN(Cc2ccc(Br)cc2Cl)CCO1. The Labute approximate surface area is 116 Å². The predicted octanol–water partition coefficient (Wildman–Crippen LogP) is 3.71. The van der Waals surface area contributed by atoms with Gasteiger partial charge in [0.25, 0.3) is 0 Å². The zero-order valence-corrected chi connectivity index (χ0v) is 12.3. The van der Waals surface area contributed by atoms with Crippen LogP contribution in [0.25, 0.3) is 0 Å². The molecule has 1 aromatic rings. The van der Waals surface area contributed by atoms with Crippen LogP contribution >= 0.6 is 27.5 Å². The van der Waals surface area contributed by atoms with Gasteiger partial charge in [-0.05, 0) is 24.1 Å². The molecule has 0 spiro atoms. The lowest BCUT2D eigenvalue weighted by atomic mass is 10.1. The summed E-state index contributed by atoms with van der Waals surface area (Å²) in [7, 11) is 0. The van der Waals surface area contributed by atoms with Gasteiger partial charge in [-0.15, -0.1) is 0 Å². The molecule has 1 heterocycles. The summed E-state index contributed by atoms with van der Waals surface area (Å²) in [6, 6.07) is 6.08. The van der Waals surface area contributed by atoms with Crippen LogP contribution < -0.4 is 0 Å². The van der Waals surface area contributed by atoms with Crippen LogP contribution in [0.3, 0.4) is 0 Å². The van der Waals surface area contributed by atoms with Crippen LogP contribution in [0.1, 0.15) is 18.9 Å². The quantitative estimate of drug-likeness (QED) is 0.842. The second-order valence-electron chi connectivity index (χ2n) is 4.37. The second-order valence-corrected chi connectivity index (χ2v) is 5.69. The van der Waals surface area contributed by atoms with Gasteiger partial charge in [-0.2, -0.15) is 0 Å². The summed E-state index contributed by atoms with van der Waals surface area (Å²) in [4.78, 5) is 2.41. The zero-order chi connectivity index (χ0) is 12.3. The van der Waals surface area contributed by atoms with Gasteiger partial charge in [0.15, 0.2) is 0 Å². The molecule has 4 heteroatoms. The van der Waals surface area contributed by atoms with E-state index in [0.29, 0.717) is 6.10 Å². The Hall–Kier alpha value is -0.0900. The van der Waals surface area contributed by atoms with Crippen molar-refractivity contribution in [1.29, 1.82) is 0 Å². The Bertz CT molecular complexity index is 386. The lowest BCUT2D eigenvalue weighted by Crippen LogP contribution is -2.41. The Morgan fingerprint density at radius 2 is 2.35 bits per heavy atom. The molecule has 1 fully saturated rings. The van der Waals surface area contributed by atoms with Crippen LogP contribution in [0.15, 0.2) is 22.7 Å². The molecule has 2 nitrogen and oxygen atoms in total. The molecular formula is C13H17BrClNO. The molecule has 0 radical (unpaired) electrons. The highest BCUT2D eigenvalue weighted by Gasteiger charge is 2.19. The van der Waals surface area contributed by atoms with Crippen LogP contribution in [0.4, 0.5) is 0 Å². The highest BCUT2D eigenvalue weighted by molar-refractivity contribution is 9.10. The van der Waals surface area contributed by atoms with Gasteiger partial charge in [0.05, 0.1) is 12.7 Å². The van der Waals surface area contributed by atoms with Gasteiger partial charge in [0.1, 0.15) is 0 Å². The molecule has 0 N–H and O–H groups in total. The van der Waals surface area contributed by atoms with E-state index in [1.165, 1.54) is 5.56 Å². The lowest BCUT2D eigenvalue weighted by molar-refractivity contribution is -0.0324. The monoisotopic (exact) mass is 317 g/mol. The first-order valence-corrected chi connectivity index (χ1v) is 7.14. The molecule has 2 rings (SSSR count). The third-order valence-corrected chi connectivity index (χ3v) is 3.93. The summed E-state index contributed by atoms with van der Waals surface area (Å²) in [6.07, 6.45) is 1.45. The number of hydrogen-bond donors (Lipinski definition) is 0. The molecule has 1 saturated heterocycles. The first-order valence-electron chi connectivity index (χ1n) is 5.97.